The van der Waals surface area contributed by atoms with Gasteiger partial charge < -0.3 is 9.09 Å². The third-order valence-corrected chi connectivity index (χ3v) is 5.42. The molecule has 0 saturated carbocycles. The van der Waals surface area contributed by atoms with Gasteiger partial charge in [-0.15, -0.1) is 11.3 Å². The van der Waals surface area contributed by atoms with Crippen LogP contribution in [0.5, 0.6) is 0 Å². The van der Waals surface area contributed by atoms with Gasteiger partial charge >= 0.3 is 0 Å². The minimum Gasteiger partial charge on any atom is -0.334 e. The minimum absolute atomic E-state index is 0.489. The number of nitrogens with zero attached hydrogens (tertiary/aromatic N) is 3. The van der Waals surface area contributed by atoms with E-state index in [0.717, 1.165) is 16.1 Å². The molecule has 6 heteroatoms. The zero-order chi connectivity index (χ0) is 16.7. The molecule has 0 bridgehead atoms. The van der Waals surface area contributed by atoms with Crippen LogP contribution in [-0.4, -0.2) is 14.7 Å². The second-order valence-electron chi connectivity index (χ2n) is 5.48. The molecule has 4 aromatic rings. The summed E-state index contributed by atoms with van der Waals surface area (Å²) in [6.07, 6.45) is 4.04. The third-order valence-electron chi connectivity index (χ3n) is 3.95. The number of benzene rings is 1. The summed E-state index contributed by atoms with van der Waals surface area (Å²) < 4.78 is 7.55. The maximum atomic E-state index is 5.93. The van der Waals surface area contributed by atoms with E-state index in [2.05, 4.69) is 28.6 Å². The molecule has 0 spiro atoms. The molecular formula is C18H14ClN3OS. The highest BCUT2D eigenvalue weighted by Crippen LogP contribution is 2.38. The van der Waals surface area contributed by atoms with Crippen LogP contribution in [0.25, 0.3) is 27.8 Å². The number of hydrogen-bond acceptors (Lipinski definition) is 4. The van der Waals surface area contributed by atoms with Gasteiger partial charge in [0, 0.05) is 27.9 Å². The lowest BCUT2D eigenvalue weighted by molar-refractivity contribution is 0.432. The lowest BCUT2D eigenvalue weighted by Gasteiger charge is -2.02. The lowest BCUT2D eigenvalue weighted by atomic mass is 10.1. The van der Waals surface area contributed by atoms with Crippen molar-refractivity contribution < 1.29 is 4.52 Å². The fourth-order valence-corrected chi connectivity index (χ4v) is 3.80. The number of halogens is 1. The highest BCUT2D eigenvalue weighted by molar-refractivity contribution is 7.15. The van der Waals surface area contributed by atoms with E-state index < -0.39 is 0 Å². The number of hydrogen-bond donors (Lipinski definition) is 0. The molecule has 4 nitrogen and oxygen atoms in total. The molecule has 0 unspecified atom stereocenters. The molecule has 0 amide bonds. The molecule has 1 aromatic carbocycles. The molecule has 0 aliphatic heterocycles. The third kappa shape index (κ3) is 2.56. The SMILES string of the molecule is Cc1sc(-n2cccc2)c(-c2noc(-c3ccc(Cl)cc3)n2)c1C. The fourth-order valence-electron chi connectivity index (χ4n) is 2.56. The van der Waals surface area contributed by atoms with Crippen molar-refractivity contribution in [2.75, 3.05) is 0 Å². The summed E-state index contributed by atoms with van der Waals surface area (Å²) in [7, 11) is 0. The molecule has 3 heterocycles. The summed E-state index contributed by atoms with van der Waals surface area (Å²) in [6.45, 7) is 4.20. The van der Waals surface area contributed by atoms with E-state index in [9.17, 15) is 0 Å². The first-order valence-corrected chi connectivity index (χ1v) is 8.66. The molecule has 0 atom stereocenters. The quantitative estimate of drug-likeness (QED) is 0.485. The molecule has 24 heavy (non-hydrogen) atoms. The molecule has 120 valence electrons. The largest absolute Gasteiger partial charge is 0.334 e. The van der Waals surface area contributed by atoms with Gasteiger partial charge in [-0.3, -0.25) is 0 Å². The van der Waals surface area contributed by atoms with Crippen LogP contribution in [0.1, 0.15) is 10.4 Å². The molecule has 0 aliphatic rings. The van der Waals surface area contributed by atoms with Crippen molar-refractivity contribution in [3.05, 3.63) is 64.3 Å². The van der Waals surface area contributed by atoms with Crippen molar-refractivity contribution in [1.29, 1.82) is 0 Å². The Morgan fingerprint density at radius 1 is 1.08 bits per heavy atom. The van der Waals surface area contributed by atoms with Gasteiger partial charge in [0.25, 0.3) is 5.89 Å². The first-order valence-electron chi connectivity index (χ1n) is 7.47. The van der Waals surface area contributed by atoms with Crippen molar-refractivity contribution in [2.24, 2.45) is 0 Å². The second kappa shape index (κ2) is 5.92. The predicted molar refractivity (Wildman–Crippen MR) is 96.9 cm³/mol. The van der Waals surface area contributed by atoms with Gasteiger partial charge in [-0.25, -0.2) is 0 Å². The topological polar surface area (TPSA) is 43.9 Å². The molecular weight excluding hydrogens is 342 g/mol. The second-order valence-corrected chi connectivity index (χ2v) is 7.12. The van der Waals surface area contributed by atoms with Crippen molar-refractivity contribution >= 4 is 22.9 Å². The van der Waals surface area contributed by atoms with E-state index in [0.29, 0.717) is 16.7 Å². The van der Waals surface area contributed by atoms with E-state index in [1.165, 1.54) is 10.4 Å². The Hall–Kier alpha value is -2.37. The van der Waals surface area contributed by atoms with Gasteiger partial charge in [0.2, 0.25) is 5.82 Å². The summed E-state index contributed by atoms with van der Waals surface area (Å²) >= 11 is 7.66. The van der Waals surface area contributed by atoms with Crippen LogP contribution in [0.2, 0.25) is 5.02 Å². The average Bonchev–Trinajstić information content (AvgIpc) is 3.30. The van der Waals surface area contributed by atoms with E-state index >= 15 is 0 Å². The normalized spacial score (nSPS) is 11.1. The molecule has 0 N–H and O–H groups in total. The Balaban J connectivity index is 1.82. The van der Waals surface area contributed by atoms with Gasteiger partial charge in [0.05, 0.1) is 5.56 Å². The van der Waals surface area contributed by atoms with Crippen LogP contribution in [0.15, 0.2) is 53.3 Å². The number of rotatable bonds is 3. The zero-order valence-corrected chi connectivity index (χ0v) is 14.7. The Morgan fingerprint density at radius 2 is 1.79 bits per heavy atom. The fraction of sp³-hybridized carbons (Fsp3) is 0.111. The van der Waals surface area contributed by atoms with Crippen molar-refractivity contribution in [3.63, 3.8) is 0 Å². The Morgan fingerprint density at radius 3 is 2.50 bits per heavy atom. The monoisotopic (exact) mass is 355 g/mol. The summed E-state index contributed by atoms with van der Waals surface area (Å²) in [5.74, 6) is 1.09. The predicted octanol–water partition coefficient (Wildman–Crippen LogP) is 5.53. The van der Waals surface area contributed by atoms with Gasteiger partial charge in [-0.05, 0) is 55.8 Å². The smallest absolute Gasteiger partial charge is 0.258 e. The van der Waals surface area contributed by atoms with Crippen molar-refractivity contribution in [3.8, 4) is 27.8 Å². The summed E-state index contributed by atoms with van der Waals surface area (Å²) in [6, 6.07) is 11.4. The summed E-state index contributed by atoms with van der Waals surface area (Å²) in [5.41, 5.74) is 3.04. The van der Waals surface area contributed by atoms with Crippen LogP contribution in [0, 0.1) is 13.8 Å². The van der Waals surface area contributed by atoms with Crippen LogP contribution in [0.3, 0.4) is 0 Å². The van der Waals surface area contributed by atoms with E-state index in [1.807, 2.05) is 48.8 Å². The highest BCUT2D eigenvalue weighted by atomic mass is 35.5. The molecule has 3 aromatic heterocycles. The molecule has 0 aliphatic carbocycles. The molecule has 0 radical (unpaired) electrons. The number of thiophene rings is 1. The molecule has 0 fully saturated rings. The van der Waals surface area contributed by atoms with E-state index in [-0.39, 0.29) is 0 Å². The van der Waals surface area contributed by atoms with E-state index in [4.69, 9.17) is 16.1 Å². The molecule has 4 rings (SSSR count). The zero-order valence-electron chi connectivity index (χ0n) is 13.2. The summed E-state index contributed by atoms with van der Waals surface area (Å²) in [5, 5.41) is 5.98. The Bertz CT molecular complexity index is 984. The molecule has 0 saturated heterocycles. The van der Waals surface area contributed by atoms with E-state index in [1.54, 1.807) is 11.3 Å². The number of aromatic nitrogens is 3. The maximum absolute atomic E-state index is 5.93. The van der Waals surface area contributed by atoms with Gasteiger partial charge in [-0.1, -0.05) is 16.8 Å². The van der Waals surface area contributed by atoms with Crippen LogP contribution >= 0.6 is 22.9 Å². The average molecular weight is 356 g/mol. The van der Waals surface area contributed by atoms with Crippen LogP contribution in [0.4, 0.5) is 0 Å². The summed E-state index contributed by atoms with van der Waals surface area (Å²) in [4.78, 5) is 5.84. The van der Waals surface area contributed by atoms with Crippen LogP contribution in [-0.2, 0) is 0 Å². The van der Waals surface area contributed by atoms with Gasteiger partial charge in [0.15, 0.2) is 0 Å². The Labute approximate surface area is 148 Å². The number of aryl methyl sites for hydroxylation is 1. The first kappa shape index (κ1) is 15.2. The van der Waals surface area contributed by atoms with Crippen molar-refractivity contribution in [1.82, 2.24) is 14.7 Å². The first-order chi connectivity index (χ1) is 11.6. The lowest BCUT2D eigenvalue weighted by Crippen LogP contribution is -1.91. The standard InChI is InChI=1S/C18H14ClN3OS/c1-11-12(2)24-18(22-9-3-4-10-22)15(11)16-20-17(23-21-16)13-5-7-14(19)8-6-13/h3-10H,1-2H3. The maximum Gasteiger partial charge on any atom is 0.258 e. The highest BCUT2D eigenvalue weighted by Gasteiger charge is 2.21. The van der Waals surface area contributed by atoms with Crippen molar-refractivity contribution in [2.45, 2.75) is 13.8 Å². The van der Waals surface area contributed by atoms with Crippen LogP contribution < -0.4 is 0 Å². The Kier molecular flexibility index (Phi) is 3.75. The van der Waals surface area contributed by atoms with Gasteiger partial charge in [0.1, 0.15) is 5.00 Å². The minimum atomic E-state index is 0.489. The van der Waals surface area contributed by atoms with Gasteiger partial charge in [-0.2, -0.15) is 4.98 Å².